The van der Waals surface area contributed by atoms with Crippen molar-refractivity contribution < 1.29 is 14.6 Å². The number of carbonyl (C=O) groups excluding carboxylic acids is 1. The van der Waals surface area contributed by atoms with E-state index in [1.807, 2.05) is 53.2 Å². The number of thiophene rings is 1. The van der Waals surface area contributed by atoms with Crippen molar-refractivity contribution in [1.82, 2.24) is 10.6 Å². The lowest BCUT2D eigenvalue weighted by Crippen LogP contribution is -2.40. The van der Waals surface area contributed by atoms with E-state index >= 15 is 0 Å². The smallest absolute Gasteiger partial charge is 0.239 e. The Labute approximate surface area is 237 Å². The molecule has 5 aromatic rings. The summed E-state index contributed by atoms with van der Waals surface area (Å²) in [5.41, 5.74) is 3.86. The van der Waals surface area contributed by atoms with Crippen LogP contribution in [0.3, 0.4) is 0 Å². The van der Waals surface area contributed by atoms with Gasteiger partial charge < -0.3 is 15.2 Å². The summed E-state index contributed by atoms with van der Waals surface area (Å²) in [5.74, 6) is 0.337. The summed E-state index contributed by atoms with van der Waals surface area (Å²) in [5, 5.41) is 23.9. The summed E-state index contributed by atoms with van der Waals surface area (Å²) in [6.45, 7) is 2.06. The van der Waals surface area contributed by atoms with Crippen LogP contribution >= 0.6 is 11.3 Å². The van der Waals surface area contributed by atoms with Crippen LogP contribution in [0.25, 0.3) is 27.6 Å². The van der Waals surface area contributed by atoms with Gasteiger partial charge in [-0.05, 0) is 58.0 Å². The quantitative estimate of drug-likeness (QED) is 0.186. The molecule has 40 heavy (non-hydrogen) atoms. The second-order valence-corrected chi connectivity index (χ2v) is 10.7. The number of para-hydroxylation sites is 1. The molecule has 1 aromatic heterocycles. The molecule has 0 radical (unpaired) electrons. The Kier molecular flexibility index (Phi) is 7.01. The van der Waals surface area contributed by atoms with E-state index in [9.17, 15) is 9.90 Å². The van der Waals surface area contributed by atoms with Crippen LogP contribution < -0.4 is 10.6 Å². The van der Waals surface area contributed by atoms with Crippen molar-refractivity contribution in [3.8, 4) is 16.9 Å². The van der Waals surface area contributed by atoms with Crippen molar-refractivity contribution in [3.05, 3.63) is 130 Å². The van der Waals surface area contributed by atoms with Gasteiger partial charge in [-0.15, -0.1) is 0 Å². The van der Waals surface area contributed by atoms with Gasteiger partial charge in [-0.25, -0.2) is 0 Å². The fraction of sp³-hybridized carbons (Fsp3) is 0.147. The van der Waals surface area contributed by atoms with Gasteiger partial charge in [0.25, 0.3) is 0 Å². The lowest BCUT2D eigenvalue weighted by molar-refractivity contribution is -0.121. The highest BCUT2D eigenvalue weighted by molar-refractivity contribution is 7.08. The second-order valence-electron chi connectivity index (χ2n) is 9.93. The first-order valence-corrected chi connectivity index (χ1v) is 14.4. The molecule has 200 valence electrons. The van der Waals surface area contributed by atoms with Gasteiger partial charge in [0.2, 0.25) is 17.5 Å². The van der Waals surface area contributed by atoms with Crippen LogP contribution in [0.2, 0.25) is 0 Å². The van der Waals surface area contributed by atoms with Crippen LogP contribution in [-0.2, 0) is 15.3 Å². The monoisotopic (exact) mass is 546 g/mol. The fourth-order valence-corrected chi connectivity index (χ4v) is 5.78. The molecule has 3 N–H and O–H groups in total. The van der Waals surface area contributed by atoms with Gasteiger partial charge in [0.15, 0.2) is 0 Å². The zero-order valence-corrected chi connectivity index (χ0v) is 23.0. The Bertz CT molecular complexity index is 1690. The molecule has 0 saturated heterocycles. The third kappa shape index (κ3) is 4.82. The molecule has 1 aliphatic rings. The van der Waals surface area contributed by atoms with Gasteiger partial charge in [-0.2, -0.15) is 11.3 Å². The number of phenols is 1. The van der Waals surface area contributed by atoms with Crippen LogP contribution in [0.4, 0.5) is 0 Å². The van der Waals surface area contributed by atoms with E-state index in [-0.39, 0.29) is 11.7 Å². The fourth-order valence-electron chi connectivity index (χ4n) is 5.13. The second kappa shape index (κ2) is 10.9. The lowest BCUT2D eigenvalue weighted by Gasteiger charge is -2.32. The maximum absolute atomic E-state index is 12.8. The number of amides is 1. The highest BCUT2D eigenvalue weighted by atomic mass is 32.1. The van der Waals surface area contributed by atoms with Crippen molar-refractivity contribution in [2.24, 2.45) is 0 Å². The zero-order chi connectivity index (χ0) is 27.5. The predicted molar refractivity (Wildman–Crippen MR) is 161 cm³/mol. The SMILES string of the molecule is CCCCC(=O)NC1=C(c2ccsc2)NC(c2ccc(-c3ccc4ccccc4c3)cc2)(c2ccccc2O)O1. The van der Waals surface area contributed by atoms with Gasteiger partial charge in [-0.3, -0.25) is 10.1 Å². The average Bonchev–Trinajstić information content (AvgIpc) is 3.65. The molecule has 1 amide bonds. The highest BCUT2D eigenvalue weighted by Crippen LogP contribution is 2.45. The molecular weight excluding hydrogens is 516 g/mol. The summed E-state index contributed by atoms with van der Waals surface area (Å²) < 4.78 is 6.67. The largest absolute Gasteiger partial charge is 0.507 e. The Morgan fingerprint density at radius 3 is 2.40 bits per heavy atom. The predicted octanol–water partition coefficient (Wildman–Crippen LogP) is 7.73. The standard InChI is InChI=1S/C34H30N2O3S/c1-2-3-12-31(38)35-33-32(27-19-20-40-22-27)36-34(39-33,29-10-6-7-11-30(29)37)28-17-15-24(16-18-28)26-14-13-23-8-4-5-9-25(23)21-26/h4-11,13-22,36-37H,2-3,12H2,1H3,(H,35,38). The average molecular weight is 547 g/mol. The minimum absolute atomic E-state index is 0.0943. The first kappa shape index (κ1) is 25.7. The highest BCUT2D eigenvalue weighted by Gasteiger charge is 2.46. The van der Waals surface area contributed by atoms with E-state index in [1.165, 1.54) is 10.8 Å². The van der Waals surface area contributed by atoms with E-state index < -0.39 is 5.72 Å². The van der Waals surface area contributed by atoms with Gasteiger partial charge in [0, 0.05) is 22.9 Å². The van der Waals surface area contributed by atoms with Crippen LogP contribution in [0.15, 0.2) is 114 Å². The molecule has 2 heterocycles. The van der Waals surface area contributed by atoms with E-state index in [1.54, 1.807) is 23.5 Å². The molecule has 4 aromatic carbocycles. The van der Waals surface area contributed by atoms with Crippen molar-refractivity contribution in [3.63, 3.8) is 0 Å². The Morgan fingerprint density at radius 2 is 1.65 bits per heavy atom. The summed E-state index contributed by atoms with van der Waals surface area (Å²) in [4.78, 5) is 12.8. The normalized spacial score (nSPS) is 16.5. The zero-order valence-electron chi connectivity index (χ0n) is 22.2. The van der Waals surface area contributed by atoms with Crippen molar-refractivity contribution >= 4 is 33.7 Å². The third-order valence-electron chi connectivity index (χ3n) is 7.26. The van der Waals surface area contributed by atoms with Crippen molar-refractivity contribution in [2.75, 3.05) is 0 Å². The summed E-state index contributed by atoms with van der Waals surface area (Å²) in [6.07, 6.45) is 2.12. The first-order chi connectivity index (χ1) is 19.6. The molecule has 0 aliphatic carbocycles. The number of hydrogen-bond acceptors (Lipinski definition) is 5. The Morgan fingerprint density at radius 1 is 0.900 bits per heavy atom. The molecule has 1 aliphatic heterocycles. The van der Waals surface area contributed by atoms with E-state index in [4.69, 9.17) is 4.74 Å². The molecule has 5 nitrogen and oxygen atoms in total. The number of phenolic OH excluding ortho intramolecular Hbond substituents is 1. The van der Waals surface area contributed by atoms with Crippen molar-refractivity contribution in [2.45, 2.75) is 31.9 Å². The molecule has 6 rings (SSSR count). The van der Waals surface area contributed by atoms with Gasteiger partial charge in [0.1, 0.15) is 11.4 Å². The number of aromatic hydroxyl groups is 1. The van der Waals surface area contributed by atoms with E-state index in [0.717, 1.165) is 35.1 Å². The molecule has 0 bridgehead atoms. The summed E-state index contributed by atoms with van der Waals surface area (Å²) in [7, 11) is 0. The summed E-state index contributed by atoms with van der Waals surface area (Å²) in [6, 6.07) is 32.0. The number of unbranched alkanes of at least 4 members (excludes halogenated alkanes) is 1. The molecule has 0 spiro atoms. The number of carbonyl (C=O) groups is 1. The first-order valence-electron chi connectivity index (χ1n) is 13.5. The number of nitrogens with one attached hydrogen (secondary N) is 2. The van der Waals surface area contributed by atoms with Crippen LogP contribution in [-0.4, -0.2) is 11.0 Å². The van der Waals surface area contributed by atoms with E-state index in [0.29, 0.717) is 23.6 Å². The minimum Gasteiger partial charge on any atom is -0.507 e. The van der Waals surface area contributed by atoms with Gasteiger partial charge in [0.05, 0.1) is 5.56 Å². The van der Waals surface area contributed by atoms with Crippen LogP contribution in [0, 0.1) is 0 Å². The van der Waals surface area contributed by atoms with Crippen LogP contribution in [0.1, 0.15) is 42.9 Å². The van der Waals surface area contributed by atoms with Crippen molar-refractivity contribution in [1.29, 1.82) is 0 Å². The number of ether oxygens (including phenoxy) is 1. The molecule has 0 fully saturated rings. The number of rotatable bonds is 8. The minimum atomic E-state index is -1.25. The molecular formula is C34H30N2O3S. The van der Waals surface area contributed by atoms with Gasteiger partial charge in [-0.1, -0.05) is 86.1 Å². The number of hydrogen-bond donors (Lipinski definition) is 3. The molecule has 0 saturated carbocycles. The lowest BCUT2D eigenvalue weighted by atomic mass is 9.91. The number of fused-ring (bicyclic) bond motifs is 1. The third-order valence-corrected chi connectivity index (χ3v) is 7.94. The molecule has 6 heteroatoms. The topological polar surface area (TPSA) is 70.6 Å². The molecule has 1 atom stereocenters. The maximum Gasteiger partial charge on any atom is 0.239 e. The maximum atomic E-state index is 12.8. The van der Waals surface area contributed by atoms with Gasteiger partial charge >= 0.3 is 0 Å². The molecule has 1 unspecified atom stereocenters. The number of benzene rings is 4. The Hall–Kier alpha value is -4.55. The van der Waals surface area contributed by atoms with Crippen LogP contribution in [0.5, 0.6) is 5.75 Å². The van der Waals surface area contributed by atoms with E-state index in [2.05, 4.69) is 60.0 Å². The summed E-state index contributed by atoms with van der Waals surface area (Å²) >= 11 is 1.56. The Balaban J connectivity index is 1.42.